The Morgan fingerprint density at radius 2 is 2.00 bits per heavy atom. The molecule has 6 heterocycles. The Bertz CT molecular complexity index is 1920. The van der Waals surface area contributed by atoms with Gasteiger partial charge in [0.25, 0.3) is 0 Å². The van der Waals surface area contributed by atoms with Gasteiger partial charge in [-0.25, -0.2) is 13.2 Å². The van der Waals surface area contributed by atoms with Crippen molar-refractivity contribution in [1.82, 2.24) is 25.2 Å². The lowest BCUT2D eigenvalue weighted by Gasteiger charge is -2.34. The number of phenols is 1. The number of benzene rings is 2. The maximum atomic E-state index is 16.9. The number of rotatable bonds is 6. The van der Waals surface area contributed by atoms with Crippen LogP contribution in [0.3, 0.4) is 0 Å². The number of ether oxygens (including phenoxy) is 1. The third kappa shape index (κ3) is 4.46. The standard InChI is InChI=1S/C33H35F3N6O2/c1-2-23-26(35)7-4-18-10-22(43)11-24(27(18)23)29-28(36)30-25(13-37-29)31(41-15-20-5-6-21(16-41)38-20)40-32(39-30)44-17-33-8-3-9-42(33)14-19(34)12-33/h4,7,10-11,13,19-21,38,43H,2-3,5-6,8-9,12,14-17H2,1H3/t19-,20-,21+,33+/m1/s1/i9D2,19D. The maximum Gasteiger partial charge on any atom is 0.319 e. The van der Waals surface area contributed by atoms with E-state index in [0.29, 0.717) is 47.1 Å². The summed E-state index contributed by atoms with van der Waals surface area (Å²) in [6.07, 6.45) is 1.73. The van der Waals surface area contributed by atoms with Gasteiger partial charge in [-0.1, -0.05) is 13.0 Å². The lowest BCUT2D eigenvalue weighted by molar-refractivity contribution is 0.107. The van der Waals surface area contributed by atoms with Crippen LogP contribution in [0.25, 0.3) is 32.9 Å². The Labute approximate surface area is 257 Å². The molecule has 8 nitrogen and oxygen atoms in total. The molecule has 2 aromatic heterocycles. The minimum absolute atomic E-state index is 0.0744. The topological polar surface area (TPSA) is 86.6 Å². The van der Waals surface area contributed by atoms with Crippen LogP contribution in [-0.4, -0.2) is 81.5 Å². The Morgan fingerprint density at radius 3 is 2.80 bits per heavy atom. The molecule has 2 aromatic carbocycles. The zero-order chi connectivity index (χ0) is 32.9. The van der Waals surface area contributed by atoms with Gasteiger partial charge >= 0.3 is 6.01 Å². The van der Waals surface area contributed by atoms with Crippen LogP contribution in [0.2, 0.25) is 0 Å². The highest BCUT2D eigenvalue weighted by molar-refractivity contribution is 6.01. The van der Waals surface area contributed by atoms with Gasteiger partial charge in [0.05, 0.1) is 12.3 Å². The number of aromatic nitrogens is 3. The quantitative estimate of drug-likeness (QED) is 0.306. The normalized spacial score (nSPS) is 30.5. The first-order valence-corrected chi connectivity index (χ1v) is 15.3. The van der Waals surface area contributed by atoms with Crippen molar-refractivity contribution in [3.05, 3.63) is 47.7 Å². The maximum absolute atomic E-state index is 16.9. The van der Waals surface area contributed by atoms with Gasteiger partial charge in [0, 0.05) is 52.6 Å². The Morgan fingerprint density at radius 1 is 1.18 bits per heavy atom. The van der Waals surface area contributed by atoms with E-state index >= 15 is 4.39 Å². The second kappa shape index (κ2) is 10.4. The SMILES string of the molecule is [2H]C1([2H])CC[C@@]2(COc3nc(N4C[C@H]5CC[C@@H](C4)N5)c4cnc(-c5cc(O)cc6ccc(F)c(CC)c56)c(F)c4n3)C[C@@]([2H])(F)CN12. The Hall–Kier alpha value is -3.70. The van der Waals surface area contributed by atoms with Crippen LogP contribution in [0.15, 0.2) is 30.5 Å². The first-order chi connectivity index (χ1) is 22.4. The zero-order valence-electron chi connectivity index (χ0n) is 27.3. The summed E-state index contributed by atoms with van der Waals surface area (Å²) in [4.78, 5) is 17.2. The number of piperazine rings is 1. The summed E-state index contributed by atoms with van der Waals surface area (Å²) in [6.45, 7) is 0.716. The third-order valence-corrected chi connectivity index (χ3v) is 9.71. The van der Waals surface area contributed by atoms with Crippen molar-refractivity contribution < 1.29 is 27.1 Å². The van der Waals surface area contributed by atoms with E-state index in [4.69, 9.17) is 13.8 Å². The van der Waals surface area contributed by atoms with Gasteiger partial charge in [-0.05, 0) is 73.1 Å². The van der Waals surface area contributed by atoms with E-state index in [-0.39, 0.29) is 73.0 Å². The van der Waals surface area contributed by atoms with Gasteiger partial charge in [0.2, 0.25) is 0 Å². The highest BCUT2D eigenvalue weighted by Gasteiger charge is 2.49. The number of aryl methyl sites for hydroxylation is 1. The van der Waals surface area contributed by atoms with E-state index < -0.39 is 29.8 Å². The average molecular weight is 608 g/mol. The molecular formula is C33H35F3N6O2. The molecule has 11 heteroatoms. The average Bonchev–Trinajstić information content (AvgIpc) is 3.60. The molecule has 230 valence electrons. The minimum Gasteiger partial charge on any atom is -0.508 e. The molecular weight excluding hydrogens is 569 g/mol. The Kier molecular flexibility index (Phi) is 5.84. The molecule has 0 saturated carbocycles. The minimum atomic E-state index is -2.33. The monoisotopic (exact) mass is 607 g/mol. The molecule has 0 unspecified atom stereocenters. The highest BCUT2D eigenvalue weighted by atomic mass is 19.1. The van der Waals surface area contributed by atoms with Crippen LogP contribution in [0, 0.1) is 11.6 Å². The molecule has 2 bridgehead atoms. The van der Waals surface area contributed by atoms with Crippen molar-refractivity contribution >= 4 is 27.5 Å². The van der Waals surface area contributed by atoms with Gasteiger partial charge in [-0.3, -0.25) is 9.88 Å². The largest absolute Gasteiger partial charge is 0.508 e. The molecule has 8 rings (SSSR count). The number of pyridine rings is 1. The smallest absolute Gasteiger partial charge is 0.319 e. The molecule has 4 saturated heterocycles. The predicted octanol–water partition coefficient (Wildman–Crippen LogP) is 5.29. The van der Waals surface area contributed by atoms with Crippen molar-refractivity contribution in [3.8, 4) is 23.0 Å². The summed E-state index contributed by atoms with van der Waals surface area (Å²) >= 11 is 0. The molecule has 4 fully saturated rings. The second-order valence-corrected chi connectivity index (χ2v) is 12.5. The van der Waals surface area contributed by atoms with Crippen molar-refractivity contribution in [2.45, 2.75) is 69.2 Å². The number of fused-ring (bicyclic) bond motifs is 5. The molecule has 4 aromatic rings. The van der Waals surface area contributed by atoms with Crippen molar-refractivity contribution in [3.63, 3.8) is 0 Å². The van der Waals surface area contributed by atoms with E-state index in [1.807, 2.05) is 0 Å². The summed E-state index contributed by atoms with van der Waals surface area (Å²) < 4.78 is 77.8. The number of hydrogen-bond donors (Lipinski definition) is 2. The Balaban J connectivity index is 1.26. The van der Waals surface area contributed by atoms with Crippen molar-refractivity contribution in [1.29, 1.82) is 0 Å². The van der Waals surface area contributed by atoms with Crippen molar-refractivity contribution in [2.75, 3.05) is 37.6 Å². The van der Waals surface area contributed by atoms with Crippen LogP contribution >= 0.6 is 0 Å². The highest BCUT2D eigenvalue weighted by Crippen LogP contribution is 2.42. The summed E-state index contributed by atoms with van der Waals surface area (Å²) in [6, 6.07) is 6.06. The molecule has 0 radical (unpaired) electrons. The van der Waals surface area contributed by atoms with Crippen LogP contribution < -0.4 is 15.0 Å². The number of aromatic hydroxyl groups is 1. The van der Waals surface area contributed by atoms with Gasteiger partial charge in [-0.15, -0.1) is 0 Å². The molecule has 4 atom stereocenters. The molecule has 4 aliphatic rings. The summed E-state index contributed by atoms with van der Waals surface area (Å²) in [5.74, 6) is -0.922. The lowest BCUT2D eigenvalue weighted by atomic mass is 9.94. The van der Waals surface area contributed by atoms with E-state index in [9.17, 15) is 13.9 Å². The molecule has 0 spiro atoms. The van der Waals surface area contributed by atoms with Crippen molar-refractivity contribution in [2.24, 2.45) is 0 Å². The van der Waals surface area contributed by atoms with E-state index in [0.717, 1.165) is 12.8 Å². The number of hydrogen-bond acceptors (Lipinski definition) is 8. The van der Waals surface area contributed by atoms with Crippen LogP contribution in [0.4, 0.5) is 19.0 Å². The number of alkyl halides is 1. The first-order valence-electron chi connectivity index (χ1n) is 16.8. The molecule has 0 aliphatic carbocycles. The zero-order valence-corrected chi connectivity index (χ0v) is 24.3. The van der Waals surface area contributed by atoms with Gasteiger partial charge in [0.1, 0.15) is 41.3 Å². The summed E-state index contributed by atoms with van der Waals surface area (Å²) in [5.41, 5.74) is -0.666. The van der Waals surface area contributed by atoms with Gasteiger partial charge in [0.15, 0.2) is 5.82 Å². The lowest BCUT2D eigenvalue weighted by Crippen LogP contribution is -2.51. The fraction of sp³-hybridized carbons (Fsp3) is 0.485. The fourth-order valence-electron chi connectivity index (χ4n) is 7.64. The third-order valence-electron chi connectivity index (χ3n) is 9.71. The number of nitrogens with one attached hydrogen (secondary N) is 1. The van der Waals surface area contributed by atoms with E-state index in [2.05, 4.69) is 20.2 Å². The summed E-state index contributed by atoms with van der Waals surface area (Å²) in [7, 11) is 0. The fourth-order valence-corrected chi connectivity index (χ4v) is 7.64. The first kappa shape index (κ1) is 24.6. The van der Waals surface area contributed by atoms with Crippen LogP contribution in [-0.2, 0) is 6.42 Å². The van der Waals surface area contributed by atoms with Gasteiger partial charge in [-0.2, -0.15) is 9.97 Å². The number of phenolic OH excluding ortho intramolecular Hbond substituents is 1. The van der Waals surface area contributed by atoms with E-state index in [1.54, 1.807) is 6.92 Å². The number of halogens is 3. The number of anilines is 1. The molecule has 4 aliphatic heterocycles. The molecule has 0 amide bonds. The summed E-state index contributed by atoms with van der Waals surface area (Å²) in [5, 5.41) is 15.5. The van der Waals surface area contributed by atoms with Crippen LogP contribution in [0.1, 0.15) is 48.7 Å². The predicted molar refractivity (Wildman–Crippen MR) is 162 cm³/mol. The second-order valence-electron chi connectivity index (χ2n) is 12.5. The molecule has 2 N–H and O–H groups in total. The molecule has 44 heavy (non-hydrogen) atoms. The van der Waals surface area contributed by atoms with Gasteiger partial charge < -0.3 is 20.1 Å². The number of nitrogens with zero attached hydrogens (tertiary/aromatic N) is 5. The van der Waals surface area contributed by atoms with E-state index in [1.165, 1.54) is 35.4 Å². The van der Waals surface area contributed by atoms with Crippen LogP contribution in [0.5, 0.6) is 11.8 Å².